The molecule has 0 fully saturated rings. The van der Waals surface area contributed by atoms with Crippen LogP contribution >= 0.6 is 0 Å². The summed E-state index contributed by atoms with van der Waals surface area (Å²) >= 11 is 0. The number of amides is 1. The van der Waals surface area contributed by atoms with Crippen LogP contribution in [-0.4, -0.2) is 51.1 Å². The molecule has 0 atom stereocenters. The van der Waals surface area contributed by atoms with E-state index in [1.165, 1.54) is 7.11 Å². The highest BCUT2D eigenvalue weighted by molar-refractivity contribution is 5.97. The summed E-state index contributed by atoms with van der Waals surface area (Å²) in [5, 5.41) is 0. The molecule has 3 aromatic carbocycles. The second-order valence-corrected chi connectivity index (χ2v) is 9.19. The molecule has 3 rings (SSSR count). The van der Waals surface area contributed by atoms with Gasteiger partial charge in [0.1, 0.15) is 0 Å². The molecule has 6 nitrogen and oxygen atoms in total. The third kappa shape index (κ3) is 6.91. The Hall–Kier alpha value is -3.80. The maximum Gasteiger partial charge on any atom is 0.339 e. The number of rotatable bonds is 12. The van der Waals surface area contributed by atoms with E-state index in [-0.39, 0.29) is 11.9 Å². The largest absolute Gasteiger partial charge is 0.465 e. The Morgan fingerprint density at radius 2 is 1.19 bits per heavy atom. The van der Waals surface area contributed by atoms with E-state index in [0.717, 1.165) is 67.1 Å². The molecule has 196 valence electrons. The topological polar surface area (TPSA) is 53.1 Å². The molecule has 0 unspecified atom stereocenters. The third-order valence-corrected chi connectivity index (χ3v) is 6.65. The number of methoxy groups -OCH3 is 1. The van der Waals surface area contributed by atoms with Crippen LogP contribution in [0.1, 0.15) is 60.2 Å². The Labute approximate surface area is 221 Å². The molecule has 0 saturated carbocycles. The first-order valence-electron chi connectivity index (χ1n) is 13.0. The zero-order valence-corrected chi connectivity index (χ0v) is 22.7. The molecule has 0 spiro atoms. The number of ether oxygens (including phenoxy) is 1. The number of carbonyl (C=O) groups is 2. The lowest BCUT2D eigenvalue weighted by Crippen LogP contribution is -2.32. The van der Waals surface area contributed by atoms with Crippen LogP contribution < -0.4 is 9.80 Å². The predicted octanol–water partition coefficient (Wildman–Crippen LogP) is 7.05. The quantitative estimate of drug-likeness (QED) is 0.249. The minimum absolute atomic E-state index is 0.107. The number of unbranched alkanes of at least 4 members (excludes halogenated alkanes) is 2. The van der Waals surface area contributed by atoms with Crippen LogP contribution in [0.4, 0.5) is 22.7 Å². The predicted molar refractivity (Wildman–Crippen MR) is 153 cm³/mol. The first-order valence-corrected chi connectivity index (χ1v) is 13.0. The van der Waals surface area contributed by atoms with E-state index in [2.05, 4.69) is 18.7 Å². The monoisotopic (exact) mass is 501 g/mol. The average Bonchev–Trinajstić information content (AvgIpc) is 2.96. The van der Waals surface area contributed by atoms with E-state index in [1.54, 1.807) is 6.07 Å². The number of para-hydroxylation sites is 1. The molecule has 0 heterocycles. The molecule has 0 aromatic heterocycles. The summed E-state index contributed by atoms with van der Waals surface area (Å²) in [6.07, 6.45) is 4.20. The van der Waals surface area contributed by atoms with E-state index in [0.29, 0.717) is 5.56 Å². The van der Waals surface area contributed by atoms with Crippen LogP contribution in [0.15, 0.2) is 72.8 Å². The van der Waals surface area contributed by atoms with Gasteiger partial charge in [0.05, 0.1) is 18.4 Å². The molecule has 0 N–H and O–H groups in total. The van der Waals surface area contributed by atoms with Gasteiger partial charge >= 0.3 is 5.97 Å². The van der Waals surface area contributed by atoms with Crippen molar-refractivity contribution in [2.24, 2.45) is 0 Å². The summed E-state index contributed by atoms with van der Waals surface area (Å²) in [6, 6.07) is 23.4. The summed E-state index contributed by atoms with van der Waals surface area (Å²) in [5.41, 5.74) is 5.00. The number of esters is 1. The van der Waals surface area contributed by atoms with Gasteiger partial charge in [-0.2, -0.15) is 0 Å². The summed E-state index contributed by atoms with van der Waals surface area (Å²) in [5.74, 6) is -0.254. The molecular formula is C31H39N3O3. The van der Waals surface area contributed by atoms with Crippen LogP contribution in [0.25, 0.3) is 0 Å². The summed E-state index contributed by atoms with van der Waals surface area (Å²) < 4.78 is 4.94. The lowest BCUT2D eigenvalue weighted by Gasteiger charge is -2.25. The van der Waals surface area contributed by atoms with Gasteiger partial charge in [0.25, 0.3) is 5.91 Å². The van der Waals surface area contributed by atoms with Gasteiger partial charge in [0.2, 0.25) is 0 Å². The highest BCUT2D eigenvalue weighted by atomic mass is 16.5. The number of anilines is 4. The van der Waals surface area contributed by atoms with Gasteiger partial charge in [0.15, 0.2) is 0 Å². The highest BCUT2D eigenvalue weighted by Crippen LogP contribution is 2.31. The van der Waals surface area contributed by atoms with E-state index < -0.39 is 0 Å². The second-order valence-electron chi connectivity index (χ2n) is 9.19. The van der Waals surface area contributed by atoms with Crippen molar-refractivity contribution in [3.8, 4) is 0 Å². The normalized spacial score (nSPS) is 10.6. The van der Waals surface area contributed by atoms with Crippen molar-refractivity contribution >= 4 is 34.6 Å². The first-order chi connectivity index (χ1) is 17.9. The van der Waals surface area contributed by atoms with Gasteiger partial charge in [-0.25, -0.2) is 4.79 Å². The Bertz CT molecular complexity index is 1150. The van der Waals surface area contributed by atoms with Gasteiger partial charge in [0, 0.05) is 49.8 Å². The van der Waals surface area contributed by atoms with Gasteiger partial charge in [-0.05, 0) is 73.5 Å². The molecule has 0 radical (unpaired) electrons. The smallest absolute Gasteiger partial charge is 0.339 e. The molecule has 0 aliphatic carbocycles. The lowest BCUT2D eigenvalue weighted by molar-refractivity contribution is 0.0601. The minimum atomic E-state index is -0.362. The zero-order valence-electron chi connectivity index (χ0n) is 22.7. The van der Waals surface area contributed by atoms with E-state index in [4.69, 9.17) is 4.74 Å². The van der Waals surface area contributed by atoms with Crippen molar-refractivity contribution in [2.45, 2.75) is 39.5 Å². The number of carbonyl (C=O) groups excluding carboxylic acids is 2. The molecule has 0 aliphatic heterocycles. The molecular weight excluding hydrogens is 462 g/mol. The lowest BCUT2D eigenvalue weighted by atomic mass is 10.1. The summed E-state index contributed by atoms with van der Waals surface area (Å²) in [6.45, 7) is 5.92. The number of benzene rings is 3. The van der Waals surface area contributed by atoms with E-state index in [1.807, 2.05) is 90.6 Å². The first kappa shape index (κ1) is 27.8. The van der Waals surface area contributed by atoms with Crippen molar-refractivity contribution in [1.29, 1.82) is 0 Å². The fraction of sp³-hybridized carbons (Fsp3) is 0.355. The van der Waals surface area contributed by atoms with Crippen molar-refractivity contribution in [3.05, 3.63) is 83.9 Å². The van der Waals surface area contributed by atoms with Crippen LogP contribution in [-0.2, 0) is 4.74 Å². The number of nitrogens with zero attached hydrogens (tertiary/aromatic N) is 3. The molecule has 1 amide bonds. The number of hydrogen-bond donors (Lipinski definition) is 0. The van der Waals surface area contributed by atoms with Crippen LogP contribution in [0, 0.1) is 0 Å². The Kier molecular flexibility index (Phi) is 10.1. The fourth-order valence-electron chi connectivity index (χ4n) is 4.26. The van der Waals surface area contributed by atoms with Crippen molar-refractivity contribution in [1.82, 2.24) is 4.90 Å². The van der Waals surface area contributed by atoms with Gasteiger partial charge < -0.3 is 19.4 Å². The maximum absolute atomic E-state index is 13.1. The SMILES string of the molecule is CCCCN(CCCC)C(=O)c1ccc(N(C)c2ccc(N(C)c3ccccc3C(=O)OC)cc2)cc1. The molecule has 0 bridgehead atoms. The van der Waals surface area contributed by atoms with E-state index >= 15 is 0 Å². The van der Waals surface area contributed by atoms with Crippen molar-refractivity contribution in [3.63, 3.8) is 0 Å². The average molecular weight is 502 g/mol. The molecule has 3 aromatic rings. The van der Waals surface area contributed by atoms with E-state index in [9.17, 15) is 9.59 Å². The van der Waals surface area contributed by atoms with Gasteiger partial charge in [-0.1, -0.05) is 38.8 Å². The summed E-state index contributed by atoms with van der Waals surface area (Å²) in [7, 11) is 5.33. The zero-order chi connectivity index (χ0) is 26.8. The molecule has 6 heteroatoms. The Morgan fingerprint density at radius 1 is 0.703 bits per heavy atom. The highest BCUT2D eigenvalue weighted by Gasteiger charge is 2.17. The standard InChI is InChI=1S/C31H39N3O3/c1-6-8-22-34(23-9-7-2)30(35)24-14-16-25(17-15-24)32(3)26-18-20-27(21-19-26)33(4)29-13-11-10-12-28(29)31(36)37-5/h10-21H,6-9,22-23H2,1-5H3. The fourth-order valence-corrected chi connectivity index (χ4v) is 4.26. The third-order valence-electron chi connectivity index (χ3n) is 6.65. The van der Waals surface area contributed by atoms with Gasteiger partial charge in [-0.3, -0.25) is 4.79 Å². The second kappa shape index (κ2) is 13.5. The molecule has 37 heavy (non-hydrogen) atoms. The minimum Gasteiger partial charge on any atom is -0.465 e. The van der Waals surface area contributed by atoms with Crippen LogP contribution in [0.2, 0.25) is 0 Å². The summed E-state index contributed by atoms with van der Waals surface area (Å²) in [4.78, 5) is 31.3. The van der Waals surface area contributed by atoms with Crippen molar-refractivity contribution in [2.75, 3.05) is 44.1 Å². The Morgan fingerprint density at radius 3 is 1.70 bits per heavy atom. The molecule has 0 aliphatic rings. The van der Waals surface area contributed by atoms with Crippen LogP contribution in [0.5, 0.6) is 0 Å². The van der Waals surface area contributed by atoms with Gasteiger partial charge in [-0.15, -0.1) is 0 Å². The Balaban J connectivity index is 1.73. The molecule has 0 saturated heterocycles. The van der Waals surface area contributed by atoms with Crippen molar-refractivity contribution < 1.29 is 14.3 Å². The van der Waals surface area contributed by atoms with Crippen LogP contribution in [0.3, 0.4) is 0 Å². The maximum atomic E-state index is 13.1. The number of hydrogen-bond acceptors (Lipinski definition) is 5.